The summed E-state index contributed by atoms with van der Waals surface area (Å²) in [6, 6.07) is 0. The standard InChI is InChI=1S/C12H27N/c1-5-10-13-11-8-6-7-9-12(2,3)4/h13H,5-11H2,1-4H3. The molecule has 0 unspecified atom stereocenters. The highest BCUT2D eigenvalue weighted by Gasteiger charge is 2.08. The fourth-order valence-electron chi connectivity index (χ4n) is 1.38. The Bertz CT molecular complexity index is 102. The molecule has 0 rings (SSSR count). The molecule has 0 aliphatic carbocycles. The molecular formula is C12H27N. The largest absolute Gasteiger partial charge is 0.317 e. The van der Waals surface area contributed by atoms with Crippen molar-refractivity contribution in [1.82, 2.24) is 5.32 Å². The number of rotatable bonds is 7. The van der Waals surface area contributed by atoms with E-state index >= 15 is 0 Å². The Labute approximate surface area is 84.3 Å². The zero-order valence-corrected chi connectivity index (χ0v) is 9.95. The van der Waals surface area contributed by atoms with Crippen molar-refractivity contribution in [3.8, 4) is 0 Å². The molecule has 0 aromatic rings. The highest BCUT2D eigenvalue weighted by atomic mass is 14.8. The molecule has 0 atom stereocenters. The summed E-state index contributed by atoms with van der Waals surface area (Å²) in [7, 11) is 0. The van der Waals surface area contributed by atoms with Crippen LogP contribution in [-0.4, -0.2) is 13.1 Å². The van der Waals surface area contributed by atoms with Crippen LogP contribution in [0.5, 0.6) is 0 Å². The van der Waals surface area contributed by atoms with Gasteiger partial charge in [-0.25, -0.2) is 0 Å². The van der Waals surface area contributed by atoms with Crippen LogP contribution in [0.4, 0.5) is 0 Å². The number of unbranched alkanes of at least 4 members (excludes halogenated alkanes) is 2. The molecule has 1 heteroatoms. The minimum absolute atomic E-state index is 0.525. The summed E-state index contributed by atoms with van der Waals surface area (Å²) in [5.74, 6) is 0. The monoisotopic (exact) mass is 185 g/mol. The van der Waals surface area contributed by atoms with E-state index in [1.165, 1.54) is 45.2 Å². The lowest BCUT2D eigenvalue weighted by Crippen LogP contribution is -2.15. The summed E-state index contributed by atoms with van der Waals surface area (Å²) in [5, 5.41) is 3.43. The van der Waals surface area contributed by atoms with Crippen molar-refractivity contribution in [2.75, 3.05) is 13.1 Å². The molecule has 0 aliphatic rings. The zero-order valence-electron chi connectivity index (χ0n) is 9.95. The first-order chi connectivity index (χ1) is 6.06. The van der Waals surface area contributed by atoms with E-state index in [0.717, 1.165) is 0 Å². The summed E-state index contributed by atoms with van der Waals surface area (Å²) in [6.45, 7) is 11.6. The maximum atomic E-state index is 3.43. The molecule has 0 aliphatic heterocycles. The van der Waals surface area contributed by atoms with Crippen LogP contribution >= 0.6 is 0 Å². The Morgan fingerprint density at radius 2 is 1.62 bits per heavy atom. The molecule has 0 saturated carbocycles. The second-order valence-corrected chi connectivity index (χ2v) is 5.12. The van der Waals surface area contributed by atoms with Crippen molar-refractivity contribution < 1.29 is 0 Å². The van der Waals surface area contributed by atoms with Gasteiger partial charge in [0.25, 0.3) is 0 Å². The van der Waals surface area contributed by atoms with E-state index in [2.05, 4.69) is 33.0 Å². The number of hydrogen-bond donors (Lipinski definition) is 1. The van der Waals surface area contributed by atoms with Gasteiger partial charge in [0, 0.05) is 0 Å². The van der Waals surface area contributed by atoms with Crippen molar-refractivity contribution in [2.45, 2.75) is 59.8 Å². The third kappa shape index (κ3) is 12.0. The Balaban J connectivity index is 3.00. The van der Waals surface area contributed by atoms with Crippen LogP contribution in [0.25, 0.3) is 0 Å². The Morgan fingerprint density at radius 1 is 0.923 bits per heavy atom. The maximum Gasteiger partial charge on any atom is -0.00489 e. The van der Waals surface area contributed by atoms with E-state index < -0.39 is 0 Å². The second kappa shape index (κ2) is 7.37. The zero-order chi connectivity index (χ0) is 10.2. The van der Waals surface area contributed by atoms with E-state index in [9.17, 15) is 0 Å². The van der Waals surface area contributed by atoms with Crippen LogP contribution in [-0.2, 0) is 0 Å². The van der Waals surface area contributed by atoms with Crippen LogP contribution in [0.3, 0.4) is 0 Å². The van der Waals surface area contributed by atoms with Gasteiger partial charge in [-0.15, -0.1) is 0 Å². The van der Waals surface area contributed by atoms with Crippen LogP contribution in [0, 0.1) is 5.41 Å². The lowest BCUT2D eigenvalue weighted by atomic mass is 9.89. The van der Waals surface area contributed by atoms with Crippen LogP contribution in [0.1, 0.15) is 59.8 Å². The summed E-state index contributed by atoms with van der Waals surface area (Å²) in [5.41, 5.74) is 0.525. The normalized spacial score (nSPS) is 12.0. The van der Waals surface area contributed by atoms with Crippen LogP contribution in [0.15, 0.2) is 0 Å². The average molecular weight is 185 g/mol. The van der Waals surface area contributed by atoms with Crippen molar-refractivity contribution in [3.63, 3.8) is 0 Å². The summed E-state index contributed by atoms with van der Waals surface area (Å²) in [6.07, 6.45) is 6.73. The van der Waals surface area contributed by atoms with Gasteiger partial charge in [-0.3, -0.25) is 0 Å². The van der Waals surface area contributed by atoms with Gasteiger partial charge in [0.15, 0.2) is 0 Å². The van der Waals surface area contributed by atoms with Crippen LogP contribution in [0.2, 0.25) is 0 Å². The molecule has 0 bridgehead atoms. The van der Waals surface area contributed by atoms with Gasteiger partial charge in [-0.2, -0.15) is 0 Å². The van der Waals surface area contributed by atoms with Crippen molar-refractivity contribution in [1.29, 1.82) is 0 Å². The minimum Gasteiger partial charge on any atom is -0.317 e. The van der Waals surface area contributed by atoms with E-state index in [1.807, 2.05) is 0 Å². The predicted octanol–water partition coefficient (Wildman–Crippen LogP) is 3.59. The molecule has 0 fully saturated rings. The molecule has 0 aromatic carbocycles. The molecule has 13 heavy (non-hydrogen) atoms. The molecule has 0 spiro atoms. The van der Waals surface area contributed by atoms with Gasteiger partial charge in [-0.1, -0.05) is 40.5 Å². The molecule has 0 aromatic heterocycles. The first-order valence-corrected chi connectivity index (χ1v) is 5.77. The minimum atomic E-state index is 0.525. The summed E-state index contributed by atoms with van der Waals surface area (Å²) < 4.78 is 0. The van der Waals surface area contributed by atoms with Crippen molar-refractivity contribution in [3.05, 3.63) is 0 Å². The van der Waals surface area contributed by atoms with Gasteiger partial charge in [0.05, 0.1) is 0 Å². The lowest BCUT2D eigenvalue weighted by molar-refractivity contribution is 0.357. The highest BCUT2D eigenvalue weighted by Crippen LogP contribution is 2.21. The molecule has 1 N–H and O–H groups in total. The average Bonchev–Trinajstić information content (AvgIpc) is 2.01. The molecule has 0 heterocycles. The van der Waals surface area contributed by atoms with E-state index in [-0.39, 0.29) is 0 Å². The quantitative estimate of drug-likeness (QED) is 0.598. The van der Waals surface area contributed by atoms with Gasteiger partial charge < -0.3 is 5.32 Å². The summed E-state index contributed by atoms with van der Waals surface area (Å²) in [4.78, 5) is 0. The van der Waals surface area contributed by atoms with E-state index in [0.29, 0.717) is 5.41 Å². The Hall–Kier alpha value is -0.0400. The predicted molar refractivity (Wildman–Crippen MR) is 61.1 cm³/mol. The lowest BCUT2D eigenvalue weighted by Gasteiger charge is -2.17. The van der Waals surface area contributed by atoms with Crippen molar-refractivity contribution in [2.24, 2.45) is 5.41 Å². The van der Waals surface area contributed by atoms with Crippen molar-refractivity contribution >= 4 is 0 Å². The third-order valence-corrected chi connectivity index (χ3v) is 2.21. The molecule has 0 saturated heterocycles. The SMILES string of the molecule is CCCNCCCCCC(C)(C)C. The van der Waals surface area contributed by atoms with Gasteiger partial charge in [-0.05, 0) is 37.8 Å². The molecular weight excluding hydrogens is 158 g/mol. The topological polar surface area (TPSA) is 12.0 Å². The van der Waals surface area contributed by atoms with E-state index in [1.54, 1.807) is 0 Å². The molecule has 1 nitrogen and oxygen atoms in total. The van der Waals surface area contributed by atoms with Gasteiger partial charge in [0.1, 0.15) is 0 Å². The first-order valence-electron chi connectivity index (χ1n) is 5.77. The van der Waals surface area contributed by atoms with Gasteiger partial charge in [0.2, 0.25) is 0 Å². The second-order valence-electron chi connectivity index (χ2n) is 5.12. The Kier molecular flexibility index (Phi) is 7.35. The summed E-state index contributed by atoms with van der Waals surface area (Å²) >= 11 is 0. The fraction of sp³-hybridized carbons (Fsp3) is 1.00. The van der Waals surface area contributed by atoms with Gasteiger partial charge >= 0.3 is 0 Å². The highest BCUT2D eigenvalue weighted by molar-refractivity contribution is 4.61. The number of hydrogen-bond acceptors (Lipinski definition) is 1. The molecule has 0 amide bonds. The third-order valence-electron chi connectivity index (χ3n) is 2.21. The fourth-order valence-corrected chi connectivity index (χ4v) is 1.38. The Morgan fingerprint density at radius 3 is 2.15 bits per heavy atom. The van der Waals surface area contributed by atoms with Crippen LogP contribution < -0.4 is 5.32 Å². The van der Waals surface area contributed by atoms with E-state index in [4.69, 9.17) is 0 Å². The first kappa shape index (κ1) is 13.0. The smallest absolute Gasteiger partial charge is 0.00489 e. The maximum absolute atomic E-state index is 3.43. The molecule has 0 radical (unpaired) electrons. The number of nitrogens with one attached hydrogen (secondary N) is 1. The molecule has 80 valence electrons.